The van der Waals surface area contributed by atoms with Gasteiger partial charge in [0, 0.05) is 6.20 Å². The second kappa shape index (κ2) is 1.82. The van der Waals surface area contributed by atoms with Gasteiger partial charge in [0.2, 0.25) is 0 Å². The van der Waals surface area contributed by atoms with Crippen molar-refractivity contribution in [3.05, 3.63) is 24.3 Å². The molecule has 2 heteroatoms. The maximum absolute atomic E-state index is 4.06. The molecule has 0 unspecified atom stereocenters. The highest BCUT2D eigenvalue weighted by atomic mass is 14.9. The molecule has 0 saturated heterocycles. The molecule has 0 aromatic carbocycles. The summed E-state index contributed by atoms with van der Waals surface area (Å²) in [5, 5.41) is 0. The Bertz CT molecular complexity index is 188. The number of hydrogen-bond acceptors (Lipinski definition) is 1. The number of aromatic nitrogens is 2. The van der Waals surface area contributed by atoms with Crippen LogP contribution in [-0.2, 0) is 0 Å². The summed E-state index contributed by atoms with van der Waals surface area (Å²) in [5.41, 5.74) is 1.000. The summed E-state index contributed by atoms with van der Waals surface area (Å²) in [5.74, 6) is 0.836. The van der Waals surface area contributed by atoms with E-state index < -0.39 is 0 Å². The fourth-order valence-corrected chi connectivity index (χ4v) is 0.537. The Morgan fingerprint density at radius 1 is 1.88 bits per heavy atom. The summed E-state index contributed by atoms with van der Waals surface area (Å²) in [7, 11) is 0. The Morgan fingerprint density at radius 2 is 2.62 bits per heavy atom. The van der Waals surface area contributed by atoms with Crippen molar-refractivity contribution in [1.82, 2.24) is 9.97 Å². The maximum atomic E-state index is 4.06. The quantitative estimate of drug-likeness (QED) is 0.578. The van der Waals surface area contributed by atoms with Gasteiger partial charge in [-0.2, -0.15) is 0 Å². The minimum Gasteiger partial charge on any atom is -0.345 e. The molecular formula is C6H8N2. The van der Waals surface area contributed by atoms with Crippen LogP contribution in [0, 0.1) is 6.92 Å². The number of rotatable bonds is 1. The van der Waals surface area contributed by atoms with Crippen LogP contribution in [-0.4, -0.2) is 9.97 Å². The van der Waals surface area contributed by atoms with Gasteiger partial charge in [-0.3, -0.25) is 0 Å². The fraction of sp³-hybridized carbons (Fsp3) is 0.167. The Hall–Kier alpha value is -1.05. The van der Waals surface area contributed by atoms with E-state index in [1.807, 2.05) is 13.1 Å². The average Bonchev–Trinajstić information content (AvgIpc) is 2.14. The van der Waals surface area contributed by atoms with Crippen LogP contribution in [0.2, 0.25) is 0 Å². The highest BCUT2D eigenvalue weighted by Gasteiger charge is 1.87. The van der Waals surface area contributed by atoms with E-state index in [1.165, 1.54) is 0 Å². The Kier molecular flexibility index (Phi) is 1.16. The molecule has 8 heavy (non-hydrogen) atoms. The molecule has 1 heterocycles. The smallest absolute Gasteiger partial charge is 0.129 e. The van der Waals surface area contributed by atoms with Crippen LogP contribution in [0.5, 0.6) is 0 Å². The normalized spacial score (nSPS) is 9.12. The zero-order valence-electron chi connectivity index (χ0n) is 4.81. The fourth-order valence-electron chi connectivity index (χ4n) is 0.537. The molecule has 0 aliphatic heterocycles. The van der Waals surface area contributed by atoms with Crippen molar-refractivity contribution in [1.29, 1.82) is 0 Å². The van der Waals surface area contributed by atoms with E-state index in [9.17, 15) is 0 Å². The minimum absolute atomic E-state index is 0.836. The van der Waals surface area contributed by atoms with Gasteiger partial charge < -0.3 is 4.98 Å². The Labute approximate surface area is 48.3 Å². The van der Waals surface area contributed by atoms with Gasteiger partial charge in [0.05, 0.1) is 5.69 Å². The molecule has 0 saturated carbocycles. The van der Waals surface area contributed by atoms with Crippen LogP contribution < -0.4 is 0 Å². The van der Waals surface area contributed by atoms with Crippen LogP contribution >= 0.6 is 0 Å². The zero-order valence-corrected chi connectivity index (χ0v) is 4.81. The second-order valence-electron chi connectivity index (χ2n) is 1.63. The number of H-pyrrole nitrogens is 1. The number of hydrogen-bond donors (Lipinski definition) is 1. The van der Waals surface area contributed by atoms with E-state index in [4.69, 9.17) is 0 Å². The van der Waals surface area contributed by atoms with Crippen molar-refractivity contribution in [2.75, 3.05) is 0 Å². The monoisotopic (exact) mass is 108 g/mol. The van der Waals surface area contributed by atoms with Crippen LogP contribution in [0.4, 0.5) is 0 Å². The molecule has 1 aromatic heterocycles. The number of aryl methyl sites for hydroxylation is 1. The first kappa shape index (κ1) is 5.09. The van der Waals surface area contributed by atoms with Crippen molar-refractivity contribution < 1.29 is 0 Å². The van der Waals surface area contributed by atoms with Crippen LogP contribution in [0.3, 0.4) is 0 Å². The molecule has 0 aliphatic carbocycles. The summed E-state index contributed by atoms with van der Waals surface area (Å²) >= 11 is 0. The highest BCUT2D eigenvalue weighted by molar-refractivity contribution is 5.35. The van der Waals surface area contributed by atoms with Gasteiger partial charge in [-0.05, 0) is 13.0 Å². The maximum Gasteiger partial charge on any atom is 0.129 e. The molecule has 0 fully saturated rings. The molecule has 1 N–H and O–H groups in total. The summed E-state index contributed by atoms with van der Waals surface area (Å²) in [4.78, 5) is 6.98. The number of nitrogens with one attached hydrogen (secondary N) is 1. The lowest BCUT2D eigenvalue weighted by atomic mass is 10.6. The number of imidazole rings is 1. The van der Waals surface area contributed by atoms with Crippen LogP contribution in [0.1, 0.15) is 11.5 Å². The largest absolute Gasteiger partial charge is 0.345 e. The van der Waals surface area contributed by atoms with Gasteiger partial charge >= 0.3 is 0 Å². The highest BCUT2D eigenvalue weighted by Crippen LogP contribution is 1.93. The van der Waals surface area contributed by atoms with E-state index in [-0.39, 0.29) is 0 Å². The predicted octanol–water partition coefficient (Wildman–Crippen LogP) is 1.36. The topological polar surface area (TPSA) is 28.7 Å². The molecule has 0 bridgehead atoms. The molecular weight excluding hydrogens is 100 g/mol. The molecule has 0 atom stereocenters. The van der Waals surface area contributed by atoms with Crippen molar-refractivity contribution in [2.45, 2.75) is 6.92 Å². The molecule has 1 aromatic rings. The first-order chi connectivity index (χ1) is 3.83. The summed E-state index contributed by atoms with van der Waals surface area (Å²) < 4.78 is 0. The van der Waals surface area contributed by atoms with Gasteiger partial charge in [-0.1, -0.05) is 6.58 Å². The lowest BCUT2D eigenvalue weighted by Gasteiger charge is -1.74. The van der Waals surface area contributed by atoms with Crippen LogP contribution in [0.25, 0.3) is 6.08 Å². The van der Waals surface area contributed by atoms with E-state index in [0.29, 0.717) is 0 Å². The van der Waals surface area contributed by atoms with Gasteiger partial charge in [-0.25, -0.2) is 4.98 Å². The number of aromatic amines is 1. The van der Waals surface area contributed by atoms with E-state index in [1.54, 1.807) is 6.08 Å². The molecule has 42 valence electrons. The van der Waals surface area contributed by atoms with Gasteiger partial charge in [-0.15, -0.1) is 0 Å². The van der Waals surface area contributed by atoms with Gasteiger partial charge in [0.1, 0.15) is 5.82 Å². The summed E-state index contributed by atoms with van der Waals surface area (Å²) in [6, 6.07) is 0. The predicted molar refractivity (Wildman–Crippen MR) is 33.4 cm³/mol. The average molecular weight is 108 g/mol. The first-order valence-electron chi connectivity index (χ1n) is 2.47. The second-order valence-corrected chi connectivity index (χ2v) is 1.63. The third-order valence-corrected chi connectivity index (χ3v) is 0.919. The van der Waals surface area contributed by atoms with Crippen molar-refractivity contribution >= 4 is 6.08 Å². The number of nitrogens with zero attached hydrogens (tertiary/aromatic N) is 1. The van der Waals surface area contributed by atoms with Crippen LogP contribution in [0.15, 0.2) is 12.8 Å². The molecule has 0 radical (unpaired) electrons. The lowest BCUT2D eigenvalue weighted by molar-refractivity contribution is 1.22. The standard InChI is InChI=1S/C6H8N2/c1-3-6-7-4-5(2)8-6/h3-4H,1H2,2H3,(H,7,8). The molecule has 2 nitrogen and oxygen atoms in total. The third kappa shape index (κ3) is 0.780. The Balaban J connectivity index is 3.00. The minimum atomic E-state index is 0.836. The summed E-state index contributed by atoms with van der Waals surface area (Å²) in [6.07, 6.45) is 3.53. The Morgan fingerprint density at radius 3 is 2.88 bits per heavy atom. The molecule has 1 rings (SSSR count). The van der Waals surface area contributed by atoms with Crippen molar-refractivity contribution in [3.63, 3.8) is 0 Å². The van der Waals surface area contributed by atoms with Gasteiger partial charge in [0.25, 0.3) is 0 Å². The zero-order chi connectivity index (χ0) is 5.98. The first-order valence-corrected chi connectivity index (χ1v) is 2.47. The van der Waals surface area contributed by atoms with Crippen molar-refractivity contribution in [2.24, 2.45) is 0 Å². The third-order valence-electron chi connectivity index (χ3n) is 0.919. The summed E-state index contributed by atoms with van der Waals surface area (Å²) in [6.45, 7) is 5.48. The SMILES string of the molecule is C=Cc1nc(C)c[nH]1. The van der Waals surface area contributed by atoms with Crippen molar-refractivity contribution in [3.8, 4) is 0 Å². The molecule has 0 amide bonds. The van der Waals surface area contributed by atoms with E-state index in [2.05, 4.69) is 16.5 Å². The molecule has 0 spiro atoms. The lowest BCUT2D eigenvalue weighted by Crippen LogP contribution is -1.71. The van der Waals surface area contributed by atoms with E-state index >= 15 is 0 Å². The van der Waals surface area contributed by atoms with Gasteiger partial charge in [0.15, 0.2) is 0 Å². The molecule has 0 aliphatic rings. The van der Waals surface area contributed by atoms with E-state index in [0.717, 1.165) is 11.5 Å².